The van der Waals surface area contributed by atoms with Crippen molar-refractivity contribution in [3.63, 3.8) is 0 Å². The van der Waals surface area contributed by atoms with E-state index in [4.69, 9.17) is 14.5 Å². The minimum atomic E-state index is -0.0377. The summed E-state index contributed by atoms with van der Waals surface area (Å²) in [6.45, 7) is 3.35. The molecule has 2 aromatic heterocycles. The number of hydrogen-bond acceptors (Lipinski definition) is 10. The summed E-state index contributed by atoms with van der Waals surface area (Å²) in [7, 11) is 0. The summed E-state index contributed by atoms with van der Waals surface area (Å²) in [6.07, 6.45) is 1.75. The Morgan fingerprint density at radius 2 is 2.17 bits per heavy atom. The van der Waals surface area contributed by atoms with Crippen LogP contribution >= 0.6 is 0 Å². The van der Waals surface area contributed by atoms with Crippen LogP contribution in [0.5, 0.6) is 0 Å². The summed E-state index contributed by atoms with van der Waals surface area (Å²) in [6, 6.07) is 7.48. The summed E-state index contributed by atoms with van der Waals surface area (Å²) >= 11 is 0. The number of aryl methyl sites for hydroxylation is 1. The second-order valence-electron chi connectivity index (χ2n) is 6.00. The summed E-state index contributed by atoms with van der Waals surface area (Å²) in [5, 5.41) is 36.9. The van der Waals surface area contributed by atoms with E-state index < -0.39 is 0 Å². The molecule has 2 heterocycles. The van der Waals surface area contributed by atoms with Gasteiger partial charge < -0.3 is 15.2 Å². The number of aliphatic hydroxyl groups is 1. The number of nitrogens with zero attached hydrogens (tertiary/aromatic N) is 6. The highest BCUT2D eigenvalue weighted by atomic mass is 16.6. The SMILES string of the molecule is Cc1ccccc1N=C(NO)c1nonc1NCCn1cc(COCCO)nn1. The third kappa shape index (κ3) is 5.57. The van der Waals surface area contributed by atoms with Gasteiger partial charge in [-0.3, -0.25) is 15.4 Å². The van der Waals surface area contributed by atoms with Gasteiger partial charge in [0.2, 0.25) is 5.82 Å². The van der Waals surface area contributed by atoms with E-state index in [1.165, 1.54) is 0 Å². The van der Waals surface area contributed by atoms with Crippen molar-refractivity contribution in [3.05, 3.63) is 47.4 Å². The number of amidine groups is 1. The minimum Gasteiger partial charge on any atom is -0.394 e. The Kier molecular flexibility index (Phi) is 7.22. The number of rotatable bonds is 10. The molecule has 0 aliphatic carbocycles. The minimum absolute atomic E-state index is 0.0377. The Balaban J connectivity index is 1.61. The molecular formula is C17H22N8O4. The summed E-state index contributed by atoms with van der Waals surface area (Å²) in [5.74, 6) is 0.428. The second-order valence-corrected chi connectivity index (χ2v) is 6.00. The van der Waals surface area contributed by atoms with E-state index in [0.717, 1.165) is 5.56 Å². The molecule has 0 saturated carbocycles. The largest absolute Gasteiger partial charge is 0.394 e. The molecule has 154 valence electrons. The predicted molar refractivity (Wildman–Crippen MR) is 102 cm³/mol. The number of ether oxygens (including phenoxy) is 1. The third-order valence-electron chi connectivity index (χ3n) is 3.87. The van der Waals surface area contributed by atoms with Crippen molar-refractivity contribution in [1.29, 1.82) is 0 Å². The van der Waals surface area contributed by atoms with Crippen LogP contribution in [-0.2, 0) is 17.9 Å². The van der Waals surface area contributed by atoms with Crippen LogP contribution in [0, 0.1) is 6.92 Å². The lowest BCUT2D eigenvalue weighted by Gasteiger charge is -2.06. The molecule has 4 N–H and O–H groups in total. The monoisotopic (exact) mass is 402 g/mol. The molecule has 1 aromatic carbocycles. The average Bonchev–Trinajstić information content (AvgIpc) is 3.37. The summed E-state index contributed by atoms with van der Waals surface area (Å²) in [5.41, 5.74) is 4.57. The fourth-order valence-corrected chi connectivity index (χ4v) is 2.44. The zero-order valence-electron chi connectivity index (χ0n) is 15.8. The van der Waals surface area contributed by atoms with Gasteiger partial charge in [-0.05, 0) is 28.9 Å². The van der Waals surface area contributed by atoms with Gasteiger partial charge in [-0.15, -0.1) is 5.10 Å². The van der Waals surface area contributed by atoms with Gasteiger partial charge in [0.1, 0.15) is 5.69 Å². The number of aliphatic hydroxyl groups excluding tert-OH is 1. The lowest BCUT2D eigenvalue weighted by atomic mass is 10.2. The molecule has 0 spiro atoms. The van der Waals surface area contributed by atoms with Crippen molar-refractivity contribution < 1.29 is 19.7 Å². The van der Waals surface area contributed by atoms with Gasteiger partial charge in [0, 0.05) is 6.54 Å². The first-order valence-electron chi connectivity index (χ1n) is 8.90. The highest BCUT2D eigenvalue weighted by molar-refractivity contribution is 6.01. The van der Waals surface area contributed by atoms with E-state index in [2.05, 4.69) is 30.9 Å². The first kappa shape index (κ1) is 20.4. The number of hydrogen-bond donors (Lipinski definition) is 4. The number of anilines is 1. The third-order valence-corrected chi connectivity index (χ3v) is 3.87. The molecule has 0 bridgehead atoms. The lowest BCUT2D eigenvalue weighted by Crippen LogP contribution is -2.22. The molecule has 0 aliphatic rings. The zero-order chi connectivity index (χ0) is 20.5. The number of aliphatic imine (C=N–C) groups is 1. The quantitative estimate of drug-likeness (QED) is 0.164. The molecular weight excluding hydrogens is 380 g/mol. The van der Waals surface area contributed by atoms with E-state index in [9.17, 15) is 5.21 Å². The van der Waals surface area contributed by atoms with Gasteiger partial charge in [0.15, 0.2) is 11.5 Å². The maximum absolute atomic E-state index is 9.50. The van der Waals surface area contributed by atoms with E-state index in [-0.39, 0.29) is 31.4 Å². The standard InChI is InChI=1S/C17H22N8O4/c1-12-4-2-3-5-14(12)19-17(21-27)15-16(23-29-22-15)18-6-7-25-10-13(20-24-25)11-28-9-8-26/h2-5,10,26-27H,6-9,11H2,1H3,(H,18,23)(H,19,21). The van der Waals surface area contributed by atoms with Gasteiger partial charge in [-0.25, -0.2) is 9.62 Å². The van der Waals surface area contributed by atoms with Gasteiger partial charge in [-0.1, -0.05) is 23.4 Å². The maximum atomic E-state index is 9.50. The molecule has 29 heavy (non-hydrogen) atoms. The fourth-order valence-electron chi connectivity index (χ4n) is 2.44. The molecule has 12 heteroatoms. The number of para-hydroxylation sites is 1. The fraction of sp³-hybridized carbons (Fsp3) is 0.353. The van der Waals surface area contributed by atoms with E-state index in [1.807, 2.05) is 36.7 Å². The van der Waals surface area contributed by atoms with Crippen molar-refractivity contribution in [1.82, 2.24) is 30.8 Å². The molecule has 0 fully saturated rings. The molecule has 0 atom stereocenters. The van der Waals surface area contributed by atoms with Crippen LogP contribution in [-0.4, -0.2) is 61.2 Å². The summed E-state index contributed by atoms with van der Waals surface area (Å²) in [4.78, 5) is 4.38. The highest BCUT2D eigenvalue weighted by Gasteiger charge is 2.16. The van der Waals surface area contributed by atoms with E-state index >= 15 is 0 Å². The molecule has 12 nitrogen and oxygen atoms in total. The van der Waals surface area contributed by atoms with Crippen molar-refractivity contribution >= 4 is 17.3 Å². The van der Waals surface area contributed by atoms with Crippen molar-refractivity contribution in [2.75, 3.05) is 25.1 Å². The number of benzene rings is 1. The van der Waals surface area contributed by atoms with Crippen LogP contribution in [0.3, 0.4) is 0 Å². The Morgan fingerprint density at radius 1 is 1.31 bits per heavy atom. The molecule has 0 unspecified atom stereocenters. The average molecular weight is 402 g/mol. The lowest BCUT2D eigenvalue weighted by molar-refractivity contribution is 0.0796. The van der Waals surface area contributed by atoms with E-state index in [1.54, 1.807) is 10.9 Å². The zero-order valence-corrected chi connectivity index (χ0v) is 15.8. The first-order chi connectivity index (χ1) is 14.2. The van der Waals surface area contributed by atoms with Gasteiger partial charge in [0.25, 0.3) is 0 Å². The predicted octanol–water partition coefficient (Wildman–Crippen LogP) is 0.648. The van der Waals surface area contributed by atoms with Crippen LogP contribution in [0.1, 0.15) is 17.0 Å². The number of nitrogens with one attached hydrogen (secondary N) is 2. The van der Waals surface area contributed by atoms with E-state index in [0.29, 0.717) is 30.3 Å². The Bertz CT molecular complexity index is 939. The number of aromatic nitrogens is 5. The van der Waals surface area contributed by atoms with Crippen LogP contribution < -0.4 is 10.8 Å². The van der Waals surface area contributed by atoms with Crippen LogP contribution in [0.2, 0.25) is 0 Å². The van der Waals surface area contributed by atoms with Gasteiger partial charge in [-0.2, -0.15) is 0 Å². The highest BCUT2D eigenvalue weighted by Crippen LogP contribution is 2.19. The second kappa shape index (κ2) is 10.3. The van der Waals surface area contributed by atoms with Crippen molar-refractivity contribution in [2.24, 2.45) is 4.99 Å². The van der Waals surface area contributed by atoms with Gasteiger partial charge in [0.05, 0.1) is 38.2 Å². The number of hydroxylamine groups is 1. The Hall–Kier alpha value is -3.35. The molecule has 3 aromatic rings. The molecule has 0 radical (unpaired) electrons. The normalized spacial score (nSPS) is 11.6. The van der Waals surface area contributed by atoms with Crippen LogP contribution in [0.25, 0.3) is 0 Å². The Labute approximate surface area is 166 Å². The maximum Gasteiger partial charge on any atom is 0.202 e. The van der Waals surface area contributed by atoms with Crippen molar-refractivity contribution in [3.8, 4) is 0 Å². The van der Waals surface area contributed by atoms with Crippen molar-refractivity contribution in [2.45, 2.75) is 20.1 Å². The topological polar surface area (TPSA) is 156 Å². The molecule has 0 saturated heterocycles. The summed E-state index contributed by atoms with van der Waals surface area (Å²) < 4.78 is 11.6. The molecule has 0 aliphatic heterocycles. The smallest absolute Gasteiger partial charge is 0.202 e. The van der Waals surface area contributed by atoms with Crippen LogP contribution in [0.15, 0.2) is 40.1 Å². The van der Waals surface area contributed by atoms with Crippen LogP contribution in [0.4, 0.5) is 11.5 Å². The molecule has 0 amide bonds. The first-order valence-corrected chi connectivity index (χ1v) is 8.90. The Morgan fingerprint density at radius 3 is 2.97 bits per heavy atom. The molecule has 3 rings (SSSR count). The van der Waals surface area contributed by atoms with Gasteiger partial charge >= 0.3 is 0 Å².